The van der Waals surface area contributed by atoms with Gasteiger partial charge in [0, 0.05) is 36.1 Å². The zero-order valence-corrected chi connectivity index (χ0v) is 18.3. The predicted octanol–water partition coefficient (Wildman–Crippen LogP) is 3.48. The molecule has 0 aliphatic rings. The molecule has 2 rings (SSSR count). The number of carbonyl (C=O) groups excluding carboxylic acids is 1. The van der Waals surface area contributed by atoms with Crippen molar-refractivity contribution in [1.82, 2.24) is 4.72 Å². The van der Waals surface area contributed by atoms with Crippen LogP contribution in [0.4, 0.5) is 11.4 Å². The third-order valence-electron chi connectivity index (χ3n) is 4.36. The van der Waals surface area contributed by atoms with E-state index in [0.717, 1.165) is 18.8 Å². The van der Waals surface area contributed by atoms with E-state index < -0.39 is 15.9 Å². The summed E-state index contributed by atoms with van der Waals surface area (Å²) in [5.74, 6) is -0.220. The van der Waals surface area contributed by atoms with Crippen LogP contribution < -0.4 is 19.7 Å². The van der Waals surface area contributed by atoms with E-state index in [1.807, 2.05) is 24.3 Å². The summed E-state index contributed by atoms with van der Waals surface area (Å²) in [6.07, 6.45) is 0. The summed E-state index contributed by atoms with van der Waals surface area (Å²) in [6.45, 7) is 9.42. The molecular formula is C21H29N3O4S. The SMILES string of the molecule is CCN(CC)c1ccc(NC(=O)c2ccc(OC)c(S(=O)(=O)NC(C)C)c2)cc1. The predicted molar refractivity (Wildman–Crippen MR) is 116 cm³/mol. The first kappa shape index (κ1) is 22.7. The van der Waals surface area contributed by atoms with Gasteiger partial charge in [0.1, 0.15) is 10.6 Å². The highest BCUT2D eigenvalue weighted by atomic mass is 32.2. The Kier molecular flexibility index (Phi) is 7.64. The van der Waals surface area contributed by atoms with E-state index in [1.54, 1.807) is 13.8 Å². The summed E-state index contributed by atoms with van der Waals surface area (Å²) in [5.41, 5.74) is 1.93. The molecule has 29 heavy (non-hydrogen) atoms. The Bertz CT molecular complexity index is 937. The second kappa shape index (κ2) is 9.76. The van der Waals surface area contributed by atoms with Gasteiger partial charge in [0.15, 0.2) is 0 Å². The number of nitrogens with one attached hydrogen (secondary N) is 2. The number of hydrogen-bond donors (Lipinski definition) is 2. The van der Waals surface area contributed by atoms with Crippen molar-refractivity contribution < 1.29 is 17.9 Å². The molecule has 0 unspecified atom stereocenters. The van der Waals surface area contributed by atoms with Gasteiger partial charge in [-0.3, -0.25) is 4.79 Å². The van der Waals surface area contributed by atoms with Crippen molar-refractivity contribution in [2.75, 3.05) is 30.4 Å². The van der Waals surface area contributed by atoms with E-state index in [0.29, 0.717) is 5.69 Å². The maximum absolute atomic E-state index is 12.7. The fourth-order valence-corrected chi connectivity index (χ4v) is 4.40. The standard InChI is InChI=1S/C21H29N3O4S/c1-6-24(7-2)18-11-9-17(10-12-18)22-21(25)16-8-13-19(28-5)20(14-16)29(26,27)23-15(3)4/h8-15,23H,6-7H2,1-5H3,(H,22,25). The molecule has 2 N–H and O–H groups in total. The van der Waals surface area contributed by atoms with Gasteiger partial charge in [-0.2, -0.15) is 0 Å². The third-order valence-corrected chi connectivity index (χ3v) is 6.04. The monoisotopic (exact) mass is 419 g/mol. The molecule has 158 valence electrons. The number of anilines is 2. The molecule has 0 atom stereocenters. The summed E-state index contributed by atoms with van der Waals surface area (Å²) in [7, 11) is -2.42. The van der Waals surface area contributed by atoms with Gasteiger partial charge in [0.25, 0.3) is 5.91 Å². The minimum atomic E-state index is -3.81. The summed E-state index contributed by atoms with van der Waals surface area (Å²) in [5, 5.41) is 2.80. The van der Waals surface area contributed by atoms with Gasteiger partial charge in [-0.05, 0) is 70.2 Å². The topological polar surface area (TPSA) is 87.7 Å². The second-order valence-electron chi connectivity index (χ2n) is 6.81. The lowest BCUT2D eigenvalue weighted by Crippen LogP contribution is -2.30. The van der Waals surface area contributed by atoms with Crippen molar-refractivity contribution in [3.63, 3.8) is 0 Å². The highest BCUT2D eigenvalue weighted by molar-refractivity contribution is 7.89. The molecule has 0 aromatic heterocycles. The Hall–Kier alpha value is -2.58. The van der Waals surface area contributed by atoms with Crippen molar-refractivity contribution >= 4 is 27.3 Å². The van der Waals surface area contributed by atoms with Crippen LogP contribution in [0.25, 0.3) is 0 Å². The number of sulfonamides is 1. The normalized spacial score (nSPS) is 11.4. The quantitative estimate of drug-likeness (QED) is 0.650. The molecule has 0 aliphatic carbocycles. The van der Waals surface area contributed by atoms with Gasteiger partial charge in [0.05, 0.1) is 7.11 Å². The van der Waals surface area contributed by atoms with Crippen molar-refractivity contribution in [2.24, 2.45) is 0 Å². The van der Waals surface area contributed by atoms with Gasteiger partial charge in [-0.15, -0.1) is 0 Å². The van der Waals surface area contributed by atoms with Gasteiger partial charge >= 0.3 is 0 Å². The van der Waals surface area contributed by atoms with Crippen LogP contribution in [0.15, 0.2) is 47.4 Å². The smallest absolute Gasteiger partial charge is 0.255 e. The van der Waals surface area contributed by atoms with E-state index in [9.17, 15) is 13.2 Å². The Morgan fingerprint density at radius 3 is 2.21 bits per heavy atom. The lowest BCUT2D eigenvalue weighted by molar-refractivity contribution is 0.102. The summed E-state index contributed by atoms with van der Waals surface area (Å²) >= 11 is 0. The molecule has 0 radical (unpaired) electrons. The van der Waals surface area contributed by atoms with Crippen LogP contribution in [0.2, 0.25) is 0 Å². The zero-order chi connectivity index (χ0) is 21.6. The molecule has 7 nitrogen and oxygen atoms in total. The first-order valence-corrected chi connectivity index (χ1v) is 11.1. The largest absolute Gasteiger partial charge is 0.495 e. The molecule has 0 saturated carbocycles. The molecule has 8 heteroatoms. The van der Waals surface area contributed by atoms with E-state index in [2.05, 4.69) is 28.8 Å². The fraction of sp³-hybridized carbons (Fsp3) is 0.381. The van der Waals surface area contributed by atoms with Gasteiger partial charge in [-0.1, -0.05) is 0 Å². The minimum absolute atomic E-state index is 0.0711. The summed E-state index contributed by atoms with van der Waals surface area (Å²) in [6, 6.07) is 11.6. The highest BCUT2D eigenvalue weighted by Crippen LogP contribution is 2.26. The second-order valence-corrected chi connectivity index (χ2v) is 8.50. The highest BCUT2D eigenvalue weighted by Gasteiger charge is 2.22. The molecule has 0 saturated heterocycles. The van der Waals surface area contributed by atoms with Gasteiger partial charge in [0.2, 0.25) is 10.0 Å². The molecule has 0 aliphatic heterocycles. The first-order valence-electron chi connectivity index (χ1n) is 9.58. The van der Waals surface area contributed by atoms with E-state index in [4.69, 9.17) is 4.74 Å². The molecule has 0 heterocycles. The van der Waals surface area contributed by atoms with E-state index >= 15 is 0 Å². The number of amides is 1. The molecule has 0 fully saturated rings. The molecule has 2 aromatic rings. The maximum Gasteiger partial charge on any atom is 0.255 e. The first-order chi connectivity index (χ1) is 13.7. The van der Waals surface area contributed by atoms with Crippen molar-refractivity contribution in [3.05, 3.63) is 48.0 Å². The Morgan fingerprint density at radius 2 is 1.69 bits per heavy atom. The zero-order valence-electron chi connectivity index (χ0n) is 17.5. The number of benzene rings is 2. The van der Waals surface area contributed by atoms with Crippen molar-refractivity contribution in [2.45, 2.75) is 38.6 Å². The Balaban J connectivity index is 2.26. The van der Waals surface area contributed by atoms with E-state index in [1.165, 1.54) is 25.3 Å². The minimum Gasteiger partial charge on any atom is -0.495 e. The number of ether oxygens (including phenoxy) is 1. The number of rotatable bonds is 9. The van der Waals surface area contributed by atoms with E-state index in [-0.39, 0.29) is 22.3 Å². The van der Waals surface area contributed by atoms with Gasteiger partial charge < -0.3 is 15.0 Å². The molecule has 2 aromatic carbocycles. The number of carbonyl (C=O) groups is 1. The maximum atomic E-state index is 12.7. The average molecular weight is 420 g/mol. The van der Waals surface area contributed by atoms with Crippen molar-refractivity contribution in [3.8, 4) is 5.75 Å². The Morgan fingerprint density at radius 1 is 1.07 bits per heavy atom. The van der Waals surface area contributed by atoms with Crippen LogP contribution in [0.5, 0.6) is 5.75 Å². The fourth-order valence-electron chi connectivity index (χ4n) is 2.95. The number of nitrogens with zero attached hydrogens (tertiary/aromatic N) is 1. The third kappa shape index (κ3) is 5.71. The Labute approximate surface area is 173 Å². The van der Waals surface area contributed by atoms with Crippen LogP contribution in [0.3, 0.4) is 0 Å². The summed E-state index contributed by atoms with van der Waals surface area (Å²) in [4.78, 5) is 14.8. The molecule has 0 spiro atoms. The van der Waals surface area contributed by atoms with Crippen LogP contribution >= 0.6 is 0 Å². The average Bonchev–Trinajstić information content (AvgIpc) is 2.68. The molecule has 0 bridgehead atoms. The number of methoxy groups -OCH3 is 1. The summed E-state index contributed by atoms with van der Waals surface area (Å²) < 4.78 is 32.8. The van der Waals surface area contributed by atoms with Crippen molar-refractivity contribution in [1.29, 1.82) is 0 Å². The lowest BCUT2D eigenvalue weighted by atomic mass is 10.2. The van der Waals surface area contributed by atoms with Crippen LogP contribution in [0.1, 0.15) is 38.1 Å². The van der Waals surface area contributed by atoms with Gasteiger partial charge in [-0.25, -0.2) is 13.1 Å². The van der Waals surface area contributed by atoms with Crippen LogP contribution in [0, 0.1) is 0 Å². The lowest BCUT2D eigenvalue weighted by Gasteiger charge is -2.21. The number of hydrogen-bond acceptors (Lipinski definition) is 5. The molecule has 1 amide bonds. The van der Waals surface area contributed by atoms with Crippen LogP contribution in [-0.2, 0) is 10.0 Å². The molecular weight excluding hydrogens is 390 g/mol. The van der Waals surface area contributed by atoms with Crippen LogP contribution in [-0.4, -0.2) is 40.6 Å².